The van der Waals surface area contributed by atoms with Gasteiger partial charge < -0.3 is 14.7 Å². The summed E-state index contributed by atoms with van der Waals surface area (Å²) in [5.74, 6) is 0. The molecule has 0 saturated heterocycles. The van der Waals surface area contributed by atoms with Gasteiger partial charge >= 0.3 is 7.60 Å². The van der Waals surface area contributed by atoms with Crippen LogP contribution in [-0.4, -0.2) is 27.8 Å². The first kappa shape index (κ1) is 11.7. The molecule has 12 heavy (non-hydrogen) atoms. The monoisotopic (exact) mass is 193 g/mol. The minimum atomic E-state index is -4.08. The topological polar surface area (TPSA) is 60.8 Å². The van der Waals surface area contributed by atoms with E-state index in [1.54, 1.807) is 11.8 Å². The molecule has 0 aliphatic carbocycles. The Bertz CT molecular complexity index is 205. The molecule has 0 unspecified atom stereocenters. The molecule has 0 amide bonds. The molecular weight excluding hydrogens is 177 g/mol. The van der Waals surface area contributed by atoms with Gasteiger partial charge in [0.15, 0.2) is 0 Å². The van der Waals surface area contributed by atoms with Gasteiger partial charge in [0.1, 0.15) is 5.44 Å². The maximum absolute atomic E-state index is 10.9. The number of hydrogen-bond donors (Lipinski definition) is 2. The first-order chi connectivity index (χ1) is 5.47. The van der Waals surface area contributed by atoms with Crippen LogP contribution in [0.15, 0.2) is 11.5 Å². The molecule has 0 aliphatic heterocycles. The molecule has 0 aromatic heterocycles. The van der Waals surface area contributed by atoms with Gasteiger partial charge in [0, 0.05) is 13.1 Å². The highest BCUT2D eigenvalue weighted by molar-refractivity contribution is 7.56. The van der Waals surface area contributed by atoms with E-state index in [9.17, 15) is 4.57 Å². The fourth-order valence-corrected chi connectivity index (χ4v) is 2.07. The average Bonchev–Trinajstić information content (AvgIpc) is 1.97. The van der Waals surface area contributed by atoms with Gasteiger partial charge in [-0.15, -0.1) is 0 Å². The molecule has 5 heteroatoms. The molecule has 0 aromatic rings. The van der Waals surface area contributed by atoms with Crippen LogP contribution in [0.5, 0.6) is 0 Å². The predicted molar refractivity (Wildman–Crippen MR) is 48.7 cm³/mol. The lowest BCUT2D eigenvalue weighted by Gasteiger charge is -2.24. The Kier molecular flexibility index (Phi) is 4.53. The Morgan fingerprint density at radius 2 is 1.83 bits per heavy atom. The first-order valence-electron chi connectivity index (χ1n) is 3.94. The highest BCUT2D eigenvalue weighted by Gasteiger charge is 2.23. The molecule has 0 saturated carbocycles. The maximum atomic E-state index is 10.9. The summed E-state index contributed by atoms with van der Waals surface area (Å²) < 4.78 is 10.9. The zero-order chi connectivity index (χ0) is 9.78. The lowest BCUT2D eigenvalue weighted by Crippen LogP contribution is -2.22. The van der Waals surface area contributed by atoms with Crippen molar-refractivity contribution in [2.24, 2.45) is 0 Å². The van der Waals surface area contributed by atoms with Crippen molar-refractivity contribution in [1.82, 2.24) is 4.90 Å². The molecular formula is C7H16NO3P. The summed E-state index contributed by atoms with van der Waals surface area (Å²) in [5.41, 5.74) is 0.118. The zero-order valence-corrected chi connectivity index (χ0v) is 8.58. The fourth-order valence-electron chi connectivity index (χ4n) is 1.08. The van der Waals surface area contributed by atoms with Crippen LogP contribution < -0.4 is 0 Å². The van der Waals surface area contributed by atoms with Gasteiger partial charge in [0.2, 0.25) is 0 Å². The van der Waals surface area contributed by atoms with E-state index < -0.39 is 7.60 Å². The summed E-state index contributed by atoms with van der Waals surface area (Å²) >= 11 is 0. The van der Waals surface area contributed by atoms with Gasteiger partial charge in [-0.25, -0.2) is 0 Å². The quantitative estimate of drug-likeness (QED) is 0.662. The number of hydrogen-bond acceptors (Lipinski definition) is 2. The highest BCUT2D eigenvalue weighted by Crippen LogP contribution is 2.46. The van der Waals surface area contributed by atoms with E-state index in [1.807, 2.05) is 13.8 Å². The fraction of sp³-hybridized carbons (Fsp3) is 0.714. The molecule has 0 aliphatic rings. The van der Waals surface area contributed by atoms with E-state index in [2.05, 4.69) is 0 Å². The molecule has 72 valence electrons. The number of allylic oxidation sites excluding steroid dienone is 1. The van der Waals surface area contributed by atoms with E-state index in [-0.39, 0.29) is 5.44 Å². The van der Waals surface area contributed by atoms with Crippen LogP contribution in [0.25, 0.3) is 0 Å². The molecule has 4 nitrogen and oxygen atoms in total. The molecule has 2 N–H and O–H groups in total. The van der Waals surface area contributed by atoms with Crippen molar-refractivity contribution in [3.63, 3.8) is 0 Å². The summed E-state index contributed by atoms with van der Waals surface area (Å²) in [6, 6.07) is 0. The average molecular weight is 193 g/mol. The second-order valence-electron chi connectivity index (χ2n) is 2.36. The van der Waals surface area contributed by atoms with Gasteiger partial charge in [-0.1, -0.05) is 6.08 Å². The van der Waals surface area contributed by atoms with Crippen LogP contribution in [0.3, 0.4) is 0 Å². The van der Waals surface area contributed by atoms with Crippen LogP contribution in [0.4, 0.5) is 0 Å². The second kappa shape index (κ2) is 4.65. The first-order valence-corrected chi connectivity index (χ1v) is 5.55. The van der Waals surface area contributed by atoms with Crippen molar-refractivity contribution < 1.29 is 14.4 Å². The van der Waals surface area contributed by atoms with E-state index >= 15 is 0 Å². The molecule has 0 fully saturated rings. The van der Waals surface area contributed by atoms with E-state index in [4.69, 9.17) is 9.79 Å². The summed E-state index contributed by atoms with van der Waals surface area (Å²) in [5, 5.41) is 0. The van der Waals surface area contributed by atoms with Gasteiger partial charge in [-0.3, -0.25) is 4.57 Å². The number of rotatable bonds is 4. The molecule has 0 aromatic carbocycles. The van der Waals surface area contributed by atoms with Crippen LogP contribution in [0.1, 0.15) is 20.8 Å². The standard InChI is InChI=1S/C7H16NO3P/c1-4-7(12(9,10)11)8(5-2)6-3/h4H,5-6H2,1-3H3,(H2,9,10,11)/b7-4-. The molecule has 0 heterocycles. The summed E-state index contributed by atoms with van der Waals surface area (Å²) in [7, 11) is -4.08. The molecule has 0 atom stereocenters. The third kappa shape index (κ3) is 2.97. The zero-order valence-electron chi connectivity index (χ0n) is 7.69. The number of nitrogens with zero attached hydrogens (tertiary/aromatic N) is 1. The predicted octanol–water partition coefficient (Wildman–Crippen LogP) is 1.37. The van der Waals surface area contributed by atoms with Gasteiger partial charge in [0.25, 0.3) is 0 Å². The summed E-state index contributed by atoms with van der Waals surface area (Å²) in [4.78, 5) is 19.5. The van der Waals surface area contributed by atoms with Crippen LogP contribution in [-0.2, 0) is 4.57 Å². The van der Waals surface area contributed by atoms with Crippen molar-refractivity contribution in [1.29, 1.82) is 0 Å². The van der Waals surface area contributed by atoms with Crippen molar-refractivity contribution in [2.75, 3.05) is 13.1 Å². The molecule has 0 spiro atoms. The molecule has 0 radical (unpaired) electrons. The van der Waals surface area contributed by atoms with Crippen molar-refractivity contribution >= 4 is 7.60 Å². The van der Waals surface area contributed by atoms with E-state index in [0.29, 0.717) is 13.1 Å². The third-order valence-electron chi connectivity index (χ3n) is 1.64. The normalized spacial score (nSPS) is 13.2. The Hall–Kier alpha value is -0.310. The van der Waals surface area contributed by atoms with Crippen LogP contribution in [0.2, 0.25) is 0 Å². The van der Waals surface area contributed by atoms with E-state index in [0.717, 1.165) is 0 Å². The van der Waals surface area contributed by atoms with Crippen LogP contribution >= 0.6 is 7.60 Å². The maximum Gasteiger partial charge on any atom is 0.371 e. The molecule has 0 bridgehead atoms. The highest BCUT2D eigenvalue weighted by atomic mass is 31.2. The molecule has 0 rings (SSSR count). The van der Waals surface area contributed by atoms with Gasteiger partial charge in [-0.2, -0.15) is 0 Å². The summed E-state index contributed by atoms with van der Waals surface area (Å²) in [6.07, 6.45) is 1.47. The second-order valence-corrected chi connectivity index (χ2v) is 3.91. The smallest absolute Gasteiger partial charge is 0.366 e. The van der Waals surface area contributed by atoms with Crippen molar-refractivity contribution in [2.45, 2.75) is 20.8 Å². The van der Waals surface area contributed by atoms with Crippen molar-refractivity contribution in [3.8, 4) is 0 Å². The minimum absolute atomic E-state index is 0.118. The lowest BCUT2D eigenvalue weighted by atomic mass is 10.5. The Morgan fingerprint density at radius 1 is 1.42 bits per heavy atom. The minimum Gasteiger partial charge on any atom is -0.366 e. The van der Waals surface area contributed by atoms with Gasteiger partial charge in [0.05, 0.1) is 0 Å². The van der Waals surface area contributed by atoms with E-state index in [1.165, 1.54) is 6.08 Å². The lowest BCUT2D eigenvalue weighted by molar-refractivity contribution is 0.336. The third-order valence-corrected chi connectivity index (χ3v) is 2.78. The Balaban J connectivity index is 4.68. The Labute approximate surface area is 73.1 Å². The SMILES string of the molecule is C/C=C(/N(CC)CC)P(=O)(O)O. The Morgan fingerprint density at radius 3 is 1.92 bits per heavy atom. The van der Waals surface area contributed by atoms with Crippen molar-refractivity contribution in [3.05, 3.63) is 11.5 Å². The van der Waals surface area contributed by atoms with Gasteiger partial charge in [-0.05, 0) is 20.8 Å². The summed E-state index contributed by atoms with van der Waals surface area (Å²) in [6.45, 7) is 6.58. The van der Waals surface area contributed by atoms with Crippen LogP contribution in [0, 0.1) is 0 Å². The largest absolute Gasteiger partial charge is 0.371 e.